The molecule has 1 rings (SSSR count). The summed E-state index contributed by atoms with van der Waals surface area (Å²) in [5.41, 5.74) is 5.87. The van der Waals surface area contributed by atoms with Crippen LogP contribution in [0.1, 0.15) is 12.6 Å². The molecule has 1 unspecified atom stereocenters. The summed E-state index contributed by atoms with van der Waals surface area (Å²) in [6.45, 7) is 2.28. The van der Waals surface area contributed by atoms with Crippen LogP contribution in [0.25, 0.3) is 0 Å². The first-order valence-corrected chi connectivity index (χ1v) is 4.43. The van der Waals surface area contributed by atoms with Crippen molar-refractivity contribution in [3.8, 4) is 5.88 Å². The summed E-state index contributed by atoms with van der Waals surface area (Å²) < 4.78 is 10.4. The molecule has 0 aliphatic heterocycles. The molecule has 1 aromatic heterocycles. The molecule has 2 N–H and O–H groups in total. The van der Waals surface area contributed by atoms with Crippen LogP contribution in [-0.4, -0.2) is 25.7 Å². The van der Waals surface area contributed by atoms with Crippen molar-refractivity contribution in [3.63, 3.8) is 0 Å². The number of hydrogen-bond acceptors (Lipinski definition) is 4. The summed E-state index contributed by atoms with van der Waals surface area (Å²) >= 11 is 0. The fourth-order valence-corrected chi connectivity index (χ4v) is 1.12. The third kappa shape index (κ3) is 2.02. The first kappa shape index (κ1) is 10.9. The maximum absolute atomic E-state index is 5.64. The van der Waals surface area contributed by atoms with E-state index in [1.807, 2.05) is 19.1 Å². The number of methoxy groups -OCH3 is 2. The zero-order chi connectivity index (χ0) is 10.6. The predicted octanol–water partition coefficient (Wildman–Crippen LogP) is 0.910. The molecule has 1 aromatic rings. The number of nitrogens with zero attached hydrogens (tertiary/aromatic N) is 1. The van der Waals surface area contributed by atoms with Gasteiger partial charge in [-0.1, -0.05) is 6.07 Å². The highest BCUT2D eigenvalue weighted by Crippen LogP contribution is 2.22. The molecule has 0 radical (unpaired) electrons. The lowest BCUT2D eigenvalue weighted by Gasteiger charge is -2.25. The Bertz CT molecular complexity index is 298. The van der Waals surface area contributed by atoms with Crippen LogP contribution in [0.15, 0.2) is 18.2 Å². The molecule has 14 heavy (non-hydrogen) atoms. The van der Waals surface area contributed by atoms with E-state index in [4.69, 9.17) is 15.2 Å². The minimum absolute atomic E-state index is 0.379. The van der Waals surface area contributed by atoms with Crippen LogP contribution in [0.2, 0.25) is 0 Å². The minimum Gasteiger partial charge on any atom is -0.481 e. The highest BCUT2D eigenvalue weighted by atomic mass is 16.5. The third-order valence-corrected chi connectivity index (χ3v) is 2.31. The standard InChI is InChI=1S/C10H16N2O2/c1-10(7-11,14-3)8-5-4-6-9(12-8)13-2/h4-6H,7,11H2,1-3H3. The number of pyridine rings is 1. The quantitative estimate of drug-likeness (QED) is 0.777. The largest absolute Gasteiger partial charge is 0.481 e. The van der Waals surface area contributed by atoms with Crippen molar-refractivity contribution < 1.29 is 9.47 Å². The van der Waals surface area contributed by atoms with E-state index in [-0.39, 0.29) is 0 Å². The van der Waals surface area contributed by atoms with Crippen LogP contribution in [-0.2, 0) is 10.3 Å². The van der Waals surface area contributed by atoms with Crippen LogP contribution >= 0.6 is 0 Å². The molecular formula is C10H16N2O2. The van der Waals surface area contributed by atoms with Gasteiger partial charge in [-0.15, -0.1) is 0 Å². The molecule has 0 aliphatic rings. The zero-order valence-electron chi connectivity index (χ0n) is 8.78. The molecule has 1 heterocycles. The van der Waals surface area contributed by atoms with E-state index < -0.39 is 5.60 Å². The van der Waals surface area contributed by atoms with Gasteiger partial charge in [-0.2, -0.15) is 0 Å². The Balaban J connectivity index is 3.04. The highest BCUT2D eigenvalue weighted by Gasteiger charge is 2.26. The number of rotatable bonds is 4. The molecule has 4 nitrogen and oxygen atoms in total. The van der Waals surface area contributed by atoms with Gasteiger partial charge in [-0.05, 0) is 13.0 Å². The second-order valence-corrected chi connectivity index (χ2v) is 3.20. The van der Waals surface area contributed by atoms with Crippen LogP contribution in [0, 0.1) is 0 Å². The van der Waals surface area contributed by atoms with E-state index in [0.717, 1.165) is 5.69 Å². The Morgan fingerprint density at radius 2 is 2.14 bits per heavy atom. The maximum Gasteiger partial charge on any atom is 0.213 e. The average Bonchev–Trinajstić information content (AvgIpc) is 2.28. The molecule has 4 heteroatoms. The van der Waals surface area contributed by atoms with Gasteiger partial charge in [0.25, 0.3) is 0 Å². The summed E-state index contributed by atoms with van der Waals surface area (Å²) in [5.74, 6) is 0.569. The fourth-order valence-electron chi connectivity index (χ4n) is 1.12. The summed E-state index contributed by atoms with van der Waals surface area (Å²) in [4.78, 5) is 4.28. The Hall–Kier alpha value is -1.13. The van der Waals surface area contributed by atoms with Crippen molar-refractivity contribution >= 4 is 0 Å². The second kappa shape index (κ2) is 4.39. The molecule has 1 atom stereocenters. The van der Waals surface area contributed by atoms with Gasteiger partial charge in [0.15, 0.2) is 0 Å². The molecule has 0 saturated heterocycles. The minimum atomic E-state index is -0.547. The van der Waals surface area contributed by atoms with Gasteiger partial charge in [-0.25, -0.2) is 4.98 Å². The topological polar surface area (TPSA) is 57.4 Å². The number of hydrogen-bond donors (Lipinski definition) is 1. The summed E-state index contributed by atoms with van der Waals surface area (Å²) in [6.07, 6.45) is 0. The Kier molecular flexibility index (Phi) is 3.43. The van der Waals surface area contributed by atoms with Crippen molar-refractivity contribution in [3.05, 3.63) is 23.9 Å². The lowest BCUT2D eigenvalue weighted by atomic mass is 10.0. The Labute approximate surface area is 84.0 Å². The smallest absolute Gasteiger partial charge is 0.213 e. The molecular weight excluding hydrogens is 180 g/mol. The monoisotopic (exact) mass is 196 g/mol. The van der Waals surface area contributed by atoms with Gasteiger partial charge in [0.05, 0.1) is 12.8 Å². The molecule has 0 aromatic carbocycles. The van der Waals surface area contributed by atoms with Gasteiger partial charge in [0.1, 0.15) is 5.60 Å². The summed E-state index contributed by atoms with van der Waals surface area (Å²) in [6, 6.07) is 5.53. The lowest BCUT2D eigenvalue weighted by Crippen LogP contribution is -2.34. The van der Waals surface area contributed by atoms with Gasteiger partial charge in [-0.3, -0.25) is 0 Å². The molecule has 0 amide bonds. The van der Waals surface area contributed by atoms with Crippen molar-refractivity contribution in [2.24, 2.45) is 5.73 Å². The van der Waals surface area contributed by atoms with E-state index >= 15 is 0 Å². The lowest BCUT2D eigenvalue weighted by molar-refractivity contribution is 0.00602. The van der Waals surface area contributed by atoms with E-state index in [1.54, 1.807) is 20.3 Å². The number of ether oxygens (including phenoxy) is 2. The molecule has 0 bridgehead atoms. The van der Waals surface area contributed by atoms with E-state index in [0.29, 0.717) is 12.4 Å². The first-order chi connectivity index (χ1) is 6.66. The van der Waals surface area contributed by atoms with E-state index in [1.165, 1.54) is 0 Å². The normalized spacial score (nSPS) is 14.9. The first-order valence-electron chi connectivity index (χ1n) is 4.43. The van der Waals surface area contributed by atoms with Gasteiger partial charge < -0.3 is 15.2 Å². The van der Waals surface area contributed by atoms with Crippen molar-refractivity contribution in [1.29, 1.82) is 0 Å². The second-order valence-electron chi connectivity index (χ2n) is 3.20. The molecule has 0 saturated carbocycles. The predicted molar refractivity (Wildman–Crippen MR) is 54.2 cm³/mol. The molecule has 0 spiro atoms. The van der Waals surface area contributed by atoms with Crippen LogP contribution in [0.4, 0.5) is 0 Å². The van der Waals surface area contributed by atoms with Crippen molar-refractivity contribution in [2.45, 2.75) is 12.5 Å². The SMILES string of the molecule is COc1cccc(C(C)(CN)OC)n1. The van der Waals surface area contributed by atoms with Crippen LogP contribution in [0.5, 0.6) is 5.88 Å². The van der Waals surface area contributed by atoms with Crippen molar-refractivity contribution in [2.75, 3.05) is 20.8 Å². The highest BCUT2D eigenvalue weighted by molar-refractivity contribution is 5.20. The molecule has 78 valence electrons. The van der Waals surface area contributed by atoms with Gasteiger partial charge in [0, 0.05) is 19.7 Å². The number of nitrogens with two attached hydrogens (primary N) is 1. The van der Waals surface area contributed by atoms with Gasteiger partial charge >= 0.3 is 0 Å². The van der Waals surface area contributed by atoms with E-state index in [9.17, 15) is 0 Å². The Morgan fingerprint density at radius 1 is 1.43 bits per heavy atom. The molecule has 0 aliphatic carbocycles. The van der Waals surface area contributed by atoms with E-state index in [2.05, 4.69) is 4.98 Å². The fraction of sp³-hybridized carbons (Fsp3) is 0.500. The summed E-state index contributed by atoms with van der Waals surface area (Å²) in [7, 11) is 3.20. The maximum atomic E-state index is 5.64. The molecule has 0 fully saturated rings. The average molecular weight is 196 g/mol. The summed E-state index contributed by atoms with van der Waals surface area (Å²) in [5, 5.41) is 0. The third-order valence-electron chi connectivity index (χ3n) is 2.31. The van der Waals surface area contributed by atoms with Crippen LogP contribution < -0.4 is 10.5 Å². The zero-order valence-corrected chi connectivity index (χ0v) is 8.78. The number of aromatic nitrogens is 1. The van der Waals surface area contributed by atoms with Gasteiger partial charge in [0.2, 0.25) is 5.88 Å². The Morgan fingerprint density at radius 3 is 2.64 bits per heavy atom. The van der Waals surface area contributed by atoms with Crippen LogP contribution in [0.3, 0.4) is 0 Å². The van der Waals surface area contributed by atoms with Crippen molar-refractivity contribution in [1.82, 2.24) is 4.98 Å².